The molecule has 0 aliphatic carbocycles. The summed E-state index contributed by atoms with van der Waals surface area (Å²) in [6.45, 7) is 8.01. The number of methoxy groups -OCH3 is 1. The van der Waals surface area contributed by atoms with Gasteiger partial charge in [-0.15, -0.1) is 11.6 Å². The van der Waals surface area contributed by atoms with Crippen molar-refractivity contribution >= 4 is 11.6 Å². The van der Waals surface area contributed by atoms with Crippen molar-refractivity contribution in [1.29, 1.82) is 0 Å². The summed E-state index contributed by atoms with van der Waals surface area (Å²) in [5.74, 6) is 1.64. The molecule has 0 radical (unpaired) electrons. The van der Waals surface area contributed by atoms with E-state index in [4.69, 9.17) is 21.1 Å². The van der Waals surface area contributed by atoms with Gasteiger partial charge in [-0.3, -0.25) is 0 Å². The molecule has 0 amide bonds. The van der Waals surface area contributed by atoms with Gasteiger partial charge in [-0.1, -0.05) is 0 Å². The summed E-state index contributed by atoms with van der Waals surface area (Å²) in [6.07, 6.45) is 0.974. The number of benzene rings is 1. The third-order valence-corrected chi connectivity index (χ3v) is 4.32. The molecule has 3 heteroatoms. The van der Waals surface area contributed by atoms with Gasteiger partial charge in [0.1, 0.15) is 5.75 Å². The minimum atomic E-state index is 0.118. The van der Waals surface area contributed by atoms with Crippen LogP contribution in [0.1, 0.15) is 28.7 Å². The topological polar surface area (TPSA) is 18.5 Å². The molecular formula is C15H21ClO2. The van der Waals surface area contributed by atoms with E-state index in [1.807, 2.05) is 0 Å². The summed E-state index contributed by atoms with van der Waals surface area (Å²) in [5, 5.41) is 0. The van der Waals surface area contributed by atoms with E-state index in [2.05, 4.69) is 26.8 Å². The molecule has 18 heavy (non-hydrogen) atoms. The average Bonchev–Trinajstić information content (AvgIpc) is 2.30. The third-order valence-electron chi connectivity index (χ3n) is 4.13. The highest BCUT2D eigenvalue weighted by Gasteiger charge is 2.42. The highest BCUT2D eigenvalue weighted by Crippen LogP contribution is 2.42. The Morgan fingerprint density at radius 3 is 2.39 bits per heavy atom. The minimum absolute atomic E-state index is 0.118. The molecule has 0 N–H and O–H groups in total. The molecule has 1 heterocycles. The Kier molecular flexibility index (Phi) is 3.88. The number of alkyl halides is 1. The van der Waals surface area contributed by atoms with Gasteiger partial charge in [0, 0.05) is 11.3 Å². The van der Waals surface area contributed by atoms with Gasteiger partial charge < -0.3 is 9.47 Å². The lowest BCUT2D eigenvalue weighted by Crippen LogP contribution is -2.48. The van der Waals surface area contributed by atoms with Gasteiger partial charge in [0.25, 0.3) is 0 Å². The van der Waals surface area contributed by atoms with E-state index in [1.54, 1.807) is 7.11 Å². The maximum Gasteiger partial charge on any atom is 0.122 e. The quantitative estimate of drug-likeness (QED) is 0.778. The Balaban J connectivity index is 2.54. The first-order valence-corrected chi connectivity index (χ1v) is 6.88. The molecule has 1 aromatic rings. The maximum absolute atomic E-state index is 5.97. The van der Waals surface area contributed by atoms with Crippen LogP contribution < -0.4 is 4.74 Å². The molecule has 2 rings (SSSR count). The van der Waals surface area contributed by atoms with Crippen LogP contribution >= 0.6 is 11.6 Å². The molecule has 1 aliphatic rings. The zero-order valence-electron chi connectivity index (χ0n) is 11.6. The second-order valence-corrected chi connectivity index (χ2v) is 5.61. The van der Waals surface area contributed by atoms with E-state index in [9.17, 15) is 0 Å². The molecule has 1 aromatic carbocycles. The van der Waals surface area contributed by atoms with E-state index in [-0.39, 0.29) is 5.41 Å². The van der Waals surface area contributed by atoms with Crippen LogP contribution in [0.25, 0.3) is 0 Å². The molecule has 0 atom stereocenters. The number of rotatable bonds is 4. The second-order valence-electron chi connectivity index (χ2n) is 5.23. The van der Waals surface area contributed by atoms with Gasteiger partial charge in [0.15, 0.2) is 0 Å². The molecule has 1 aliphatic heterocycles. The lowest BCUT2D eigenvalue weighted by Gasteiger charge is -2.44. The minimum Gasteiger partial charge on any atom is -0.496 e. The summed E-state index contributed by atoms with van der Waals surface area (Å²) >= 11 is 5.97. The fourth-order valence-corrected chi connectivity index (χ4v) is 3.38. The second kappa shape index (κ2) is 5.10. The lowest BCUT2D eigenvalue weighted by atomic mass is 9.72. The number of hydrogen-bond donors (Lipinski definition) is 0. The van der Waals surface area contributed by atoms with Crippen molar-refractivity contribution < 1.29 is 9.47 Å². The first kappa shape index (κ1) is 13.7. The Labute approximate surface area is 114 Å². The average molecular weight is 269 g/mol. The summed E-state index contributed by atoms with van der Waals surface area (Å²) in [6, 6.07) is 2.13. The monoisotopic (exact) mass is 268 g/mol. The van der Waals surface area contributed by atoms with Crippen molar-refractivity contribution in [3.05, 3.63) is 28.3 Å². The summed E-state index contributed by atoms with van der Waals surface area (Å²) in [7, 11) is 1.72. The van der Waals surface area contributed by atoms with Crippen LogP contribution in [-0.4, -0.2) is 26.2 Å². The highest BCUT2D eigenvalue weighted by molar-refractivity contribution is 6.17. The fraction of sp³-hybridized carbons (Fsp3) is 0.600. The van der Waals surface area contributed by atoms with Crippen LogP contribution in [0, 0.1) is 20.8 Å². The number of halogens is 1. The predicted octanol–water partition coefficient (Wildman–Crippen LogP) is 3.52. The third kappa shape index (κ3) is 2.02. The van der Waals surface area contributed by atoms with Crippen LogP contribution in [0.4, 0.5) is 0 Å². The normalized spacial score (nSPS) is 17.4. The molecule has 1 fully saturated rings. The SMILES string of the molecule is COc1cc(C)c(C2(CCCl)COC2)c(C)c1C. The smallest absolute Gasteiger partial charge is 0.122 e. The van der Waals surface area contributed by atoms with Crippen molar-refractivity contribution in [2.24, 2.45) is 0 Å². The van der Waals surface area contributed by atoms with Crippen LogP contribution in [0.5, 0.6) is 5.75 Å². The Morgan fingerprint density at radius 2 is 1.94 bits per heavy atom. The summed E-state index contributed by atoms with van der Waals surface area (Å²) < 4.78 is 10.9. The number of aryl methyl sites for hydroxylation is 1. The zero-order chi connectivity index (χ0) is 13.3. The van der Waals surface area contributed by atoms with Crippen LogP contribution in [-0.2, 0) is 10.2 Å². The Bertz CT molecular complexity index is 450. The van der Waals surface area contributed by atoms with Gasteiger partial charge in [0.2, 0.25) is 0 Å². The van der Waals surface area contributed by atoms with Gasteiger partial charge >= 0.3 is 0 Å². The van der Waals surface area contributed by atoms with Crippen LogP contribution in [0.3, 0.4) is 0 Å². The largest absolute Gasteiger partial charge is 0.496 e. The number of hydrogen-bond acceptors (Lipinski definition) is 2. The lowest BCUT2D eigenvalue weighted by molar-refractivity contribution is -0.0622. The molecule has 0 spiro atoms. The van der Waals surface area contributed by atoms with Crippen LogP contribution in [0.2, 0.25) is 0 Å². The molecular weight excluding hydrogens is 248 g/mol. The van der Waals surface area contributed by atoms with Crippen molar-refractivity contribution in [3.63, 3.8) is 0 Å². The molecule has 0 unspecified atom stereocenters. The number of ether oxygens (including phenoxy) is 2. The molecule has 0 saturated carbocycles. The molecule has 0 bridgehead atoms. The van der Waals surface area contributed by atoms with Gasteiger partial charge in [0.05, 0.1) is 20.3 Å². The van der Waals surface area contributed by atoms with E-state index >= 15 is 0 Å². The highest BCUT2D eigenvalue weighted by atomic mass is 35.5. The van der Waals surface area contributed by atoms with Gasteiger partial charge in [-0.25, -0.2) is 0 Å². The van der Waals surface area contributed by atoms with Crippen LogP contribution in [0.15, 0.2) is 6.07 Å². The zero-order valence-corrected chi connectivity index (χ0v) is 12.4. The standard InChI is InChI=1S/C15H21ClO2/c1-10-7-13(17-4)11(2)12(3)14(10)15(5-6-16)8-18-9-15/h7H,5-6,8-9H2,1-4H3. The molecule has 0 aromatic heterocycles. The van der Waals surface area contributed by atoms with Crippen molar-refractivity contribution in [3.8, 4) is 5.75 Å². The van der Waals surface area contributed by atoms with E-state index in [1.165, 1.54) is 22.3 Å². The van der Waals surface area contributed by atoms with Gasteiger partial charge in [-0.05, 0) is 55.5 Å². The maximum atomic E-state index is 5.97. The Hall–Kier alpha value is -0.730. The summed E-state index contributed by atoms with van der Waals surface area (Å²) in [5.41, 5.74) is 5.35. The Morgan fingerprint density at radius 1 is 1.28 bits per heavy atom. The summed E-state index contributed by atoms with van der Waals surface area (Å²) in [4.78, 5) is 0. The van der Waals surface area contributed by atoms with E-state index in [0.29, 0.717) is 5.88 Å². The van der Waals surface area contributed by atoms with Gasteiger partial charge in [-0.2, -0.15) is 0 Å². The molecule has 2 nitrogen and oxygen atoms in total. The van der Waals surface area contributed by atoms with Crippen molar-refractivity contribution in [2.45, 2.75) is 32.6 Å². The van der Waals surface area contributed by atoms with Crippen molar-refractivity contribution in [2.75, 3.05) is 26.2 Å². The first-order valence-electron chi connectivity index (χ1n) is 6.34. The van der Waals surface area contributed by atoms with E-state index in [0.717, 1.165) is 25.4 Å². The predicted molar refractivity (Wildman–Crippen MR) is 75.0 cm³/mol. The van der Waals surface area contributed by atoms with Crippen molar-refractivity contribution in [1.82, 2.24) is 0 Å². The molecule has 100 valence electrons. The van der Waals surface area contributed by atoms with E-state index < -0.39 is 0 Å². The molecule has 1 saturated heterocycles. The first-order chi connectivity index (χ1) is 8.55. The fourth-order valence-electron chi connectivity index (χ4n) is 3.02.